The van der Waals surface area contributed by atoms with E-state index in [1.165, 1.54) is 28.1 Å². The zero-order valence-corrected chi connectivity index (χ0v) is 21.9. The third-order valence-corrected chi connectivity index (χ3v) is 8.55. The number of sulfonamides is 1. The van der Waals surface area contributed by atoms with E-state index in [-0.39, 0.29) is 15.4 Å². The molecule has 0 amide bonds. The SMILES string of the molecule is CCCn1c(=O)n(C)c(=O)c2[nH]c(-c3cc(S(=O)(=O)N4CCN(C)CC4)ccc3OCC)c(Cl)c21. The maximum atomic E-state index is 13.4. The van der Waals surface area contributed by atoms with Crippen LogP contribution < -0.4 is 16.0 Å². The van der Waals surface area contributed by atoms with Crippen molar-refractivity contribution >= 4 is 32.7 Å². The molecule has 3 aromatic rings. The minimum absolute atomic E-state index is 0.106. The summed E-state index contributed by atoms with van der Waals surface area (Å²) in [7, 11) is -0.382. The highest BCUT2D eigenvalue weighted by Crippen LogP contribution is 2.39. The molecule has 3 heterocycles. The summed E-state index contributed by atoms with van der Waals surface area (Å²) in [5.41, 5.74) is 0.230. The Balaban J connectivity index is 1.94. The maximum Gasteiger partial charge on any atom is 0.331 e. The fraction of sp³-hybridized carbons (Fsp3) is 0.478. The lowest BCUT2D eigenvalue weighted by Crippen LogP contribution is -2.47. The second kappa shape index (κ2) is 9.81. The number of benzene rings is 1. The lowest BCUT2D eigenvalue weighted by molar-refractivity contribution is 0.222. The summed E-state index contributed by atoms with van der Waals surface area (Å²) in [5, 5.41) is 0.165. The Kier molecular flexibility index (Phi) is 7.14. The van der Waals surface area contributed by atoms with Crippen molar-refractivity contribution in [2.45, 2.75) is 31.7 Å². The summed E-state index contributed by atoms with van der Waals surface area (Å²) in [5.74, 6) is 0.416. The van der Waals surface area contributed by atoms with Gasteiger partial charge >= 0.3 is 5.69 Å². The summed E-state index contributed by atoms with van der Waals surface area (Å²) >= 11 is 6.77. The number of nitrogens with zero attached hydrogens (tertiary/aromatic N) is 4. The first-order chi connectivity index (χ1) is 16.6. The Morgan fingerprint density at radius 1 is 1.09 bits per heavy atom. The van der Waals surface area contributed by atoms with Crippen LogP contribution in [0.1, 0.15) is 20.3 Å². The van der Waals surface area contributed by atoms with Gasteiger partial charge in [-0.15, -0.1) is 0 Å². The predicted molar refractivity (Wildman–Crippen MR) is 136 cm³/mol. The van der Waals surface area contributed by atoms with Crippen LogP contribution in [0.5, 0.6) is 5.75 Å². The minimum atomic E-state index is -3.76. The smallest absolute Gasteiger partial charge is 0.331 e. The first-order valence-electron chi connectivity index (χ1n) is 11.6. The Hall–Kier alpha value is -2.60. The molecule has 0 spiro atoms. The molecule has 10 nitrogen and oxygen atoms in total. The number of H-pyrrole nitrogens is 1. The molecular formula is C23H30ClN5O5S. The summed E-state index contributed by atoms with van der Waals surface area (Å²) in [4.78, 5) is 30.9. The summed E-state index contributed by atoms with van der Waals surface area (Å²) < 4.78 is 36.6. The highest BCUT2D eigenvalue weighted by molar-refractivity contribution is 7.89. The first kappa shape index (κ1) is 25.5. The van der Waals surface area contributed by atoms with E-state index in [1.807, 2.05) is 20.9 Å². The number of aromatic nitrogens is 3. The van der Waals surface area contributed by atoms with E-state index in [0.717, 1.165) is 4.57 Å². The Bertz CT molecular complexity index is 1480. The molecule has 0 radical (unpaired) electrons. The number of ether oxygens (including phenoxy) is 1. The number of halogens is 1. The van der Waals surface area contributed by atoms with Gasteiger partial charge in [-0.05, 0) is 38.6 Å². The highest BCUT2D eigenvalue weighted by atomic mass is 35.5. The number of rotatable bonds is 7. The van der Waals surface area contributed by atoms with Gasteiger partial charge < -0.3 is 14.6 Å². The fourth-order valence-electron chi connectivity index (χ4n) is 4.35. The second-order valence-electron chi connectivity index (χ2n) is 8.63. The van der Waals surface area contributed by atoms with Crippen molar-refractivity contribution in [3.63, 3.8) is 0 Å². The monoisotopic (exact) mass is 523 g/mol. The number of nitrogens with one attached hydrogen (secondary N) is 1. The Morgan fingerprint density at radius 2 is 1.77 bits per heavy atom. The van der Waals surface area contributed by atoms with Gasteiger partial charge in [-0.1, -0.05) is 18.5 Å². The van der Waals surface area contributed by atoms with Gasteiger partial charge in [-0.3, -0.25) is 13.9 Å². The van der Waals surface area contributed by atoms with Crippen molar-refractivity contribution in [3.8, 4) is 17.0 Å². The van der Waals surface area contributed by atoms with Crippen LogP contribution in [0.2, 0.25) is 5.02 Å². The van der Waals surface area contributed by atoms with Crippen LogP contribution in [-0.4, -0.2) is 71.6 Å². The minimum Gasteiger partial charge on any atom is -0.493 e. The van der Waals surface area contributed by atoms with Crippen LogP contribution in [0.4, 0.5) is 0 Å². The molecule has 0 aliphatic carbocycles. The van der Waals surface area contributed by atoms with E-state index < -0.39 is 21.3 Å². The van der Waals surface area contributed by atoms with E-state index >= 15 is 0 Å². The van der Waals surface area contributed by atoms with Gasteiger partial charge in [0.25, 0.3) is 5.56 Å². The molecule has 1 saturated heterocycles. The van der Waals surface area contributed by atoms with Gasteiger partial charge in [0, 0.05) is 45.3 Å². The van der Waals surface area contributed by atoms with Gasteiger partial charge in [0.1, 0.15) is 11.3 Å². The average Bonchev–Trinajstić information content (AvgIpc) is 3.18. The number of fused-ring (bicyclic) bond motifs is 1. The van der Waals surface area contributed by atoms with Gasteiger partial charge in [0.15, 0.2) is 0 Å². The molecule has 0 saturated carbocycles. The Labute approximate surface area is 208 Å². The van der Waals surface area contributed by atoms with Gasteiger partial charge in [-0.25, -0.2) is 13.2 Å². The lowest BCUT2D eigenvalue weighted by Gasteiger charge is -2.31. The number of hydrogen-bond donors (Lipinski definition) is 1. The number of hydrogen-bond acceptors (Lipinski definition) is 6. The molecule has 1 aromatic carbocycles. The van der Waals surface area contributed by atoms with Crippen molar-refractivity contribution < 1.29 is 13.2 Å². The van der Waals surface area contributed by atoms with E-state index in [1.54, 1.807) is 6.07 Å². The van der Waals surface area contributed by atoms with Crippen molar-refractivity contribution in [1.29, 1.82) is 0 Å². The van der Waals surface area contributed by atoms with Crippen molar-refractivity contribution in [3.05, 3.63) is 44.1 Å². The molecule has 1 N–H and O–H groups in total. The van der Waals surface area contributed by atoms with Crippen LogP contribution in [0.25, 0.3) is 22.3 Å². The highest BCUT2D eigenvalue weighted by Gasteiger charge is 2.29. The number of likely N-dealkylation sites (N-methyl/N-ethyl adjacent to an activating group) is 1. The van der Waals surface area contributed by atoms with Gasteiger partial charge in [-0.2, -0.15) is 4.31 Å². The fourth-order valence-corrected chi connectivity index (χ4v) is 6.14. The molecule has 1 aliphatic heterocycles. The molecule has 0 atom stereocenters. The zero-order chi connectivity index (χ0) is 25.5. The van der Waals surface area contributed by atoms with Crippen LogP contribution in [0, 0.1) is 0 Å². The number of piperazine rings is 1. The Morgan fingerprint density at radius 3 is 2.40 bits per heavy atom. The molecule has 2 aromatic heterocycles. The van der Waals surface area contributed by atoms with Crippen molar-refractivity contribution in [1.82, 2.24) is 23.3 Å². The molecule has 1 aliphatic rings. The average molecular weight is 524 g/mol. The topological polar surface area (TPSA) is 110 Å². The molecule has 35 heavy (non-hydrogen) atoms. The van der Waals surface area contributed by atoms with Crippen molar-refractivity contribution in [2.24, 2.45) is 7.05 Å². The lowest BCUT2D eigenvalue weighted by atomic mass is 10.1. The summed E-state index contributed by atoms with van der Waals surface area (Å²) in [6.07, 6.45) is 0.660. The van der Waals surface area contributed by atoms with E-state index in [4.69, 9.17) is 16.3 Å². The molecule has 190 valence electrons. The zero-order valence-electron chi connectivity index (χ0n) is 20.3. The third kappa shape index (κ3) is 4.42. The summed E-state index contributed by atoms with van der Waals surface area (Å²) in [6.45, 7) is 6.55. The third-order valence-electron chi connectivity index (χ3n) is 6.29. The molecule has 0 bridgehead atoms. The van der Waals surface area contributed by atoms with Crippen molar-refractivity contribution in [2.75, 3.05) is 39.8 Å². The number of aryl methyl sites for hydroxylation is 1. The van der Waals surface area contributed by atoms with Crippen LogP contribution in [0.3, 0.4) is 0 Å². The predicted octanol–water partition coefficient (Wildman–Crippen LogP) is 2.09. The molecular weight excluding hydrogens is 494 g/mol. The largest absolute Gasteiger partial charge is 0.493 e. The van der Waals surface area contributed by atoms with E-state index in [9.17, 15) is 18.0 Å². The molecule has 12 heteroatoms. The molecule has 1 fully saturated rings. The van der Waals surface area contributed by atoms with Crippen LogP contribution in [-0.2, 0) is 23.6 Å². The quantitative estimate of drug-likeness (QED) is 0.508. The van der Waals surface area contributed by atoms with Crippen LogP contribution in [0.15, 0.2) is 32.7 Å². The first-order valence-corrected chi connectivity index (χ1v) is 13.4. The second-order valence-corrected chi connectivity index (χ2v) is 11.0. The van der Waals surface area contributed by atoms with Gasteiger partial charge in [0.05, 0.1) is 27.7 Å². The maximum absolute atomic E-state index is 13.4. The molecule has 4 rings (SSSR count). The standard InChI is InChI=1S/C23H30ClN5O5S/c1-5-9-29-21-18(24)19(25-20(21)22(30)27(4)23(29)31)16-14-15(7-8-17(16)34-6-2)35(32,33)28-12-10-26(3)11-13-28/h7-8,14,25H,5-6,9-13H2,1-4H3. The van der Waals surface area contributed by atoms with Crippen LogP contribution >= 0.6 is 11.6 Å². The normalized spacial score (nSPS) is 15.7. The number of aromatic amines is 1. The van der Waals surface area contributed by atoms with Gasteiger partial charge in [0.2, 0.25) is 10.0 Å². The van der Waals surface area contributed by atoms with E-state index in [0.29, 0.717) is 68.3 Å². The summed E-state index contributed by atoms with van der Waals surface area (Å²) in [6, 6.07) is 4.63. The van der Waals surface area contributed by atoms with E-state index in [2.05, 4.69) is 9.88 Å². The molecule has 0 unspecified atom stereocenters.